The van der Waals surface area contributed by atoms with Crippen molar-refractivity contribution in [2.45, 2.75) is 52.2 Å². The van der Waals surface area contributed by atoms with Gasteiger partial charge in [0, 0.05) is 19.1 Å². The topological polar surface area (TPSA) is 58.6 Å². The Kier molecular flexibility index (Phi) is 6.15. The molecule has 1 aromatic rings. The molecule has 1 aliphatic heterocycles. The van der Waals surface area contributed by atoms with Crippen LogP contribution >= 0.6 is 22.9 Å². The number of ether oxygens (including phenoxy) is 1. The number of carbonyl (C=O) groups is 2. The maximum Gasteiger partial charge on any atom is 0.407 e. The average molecular weight is 373 g/mol. The predicted octanol–water partition coefficient (Wildman–Crippen LogP) is 4.17. The number of carbonyl (C=O) groups excluding carboxylic acids is 2. The van der Waals surface area contributed by atoms with Crippen molar-refractivity contribution in [3.63, 3.8) is 0 Å². The smallest absolute Gasteiger partial charge is 0.407 e. The van der Waals surface area contributed by atoms with Gasteiger partial charge < -0.3 is 15.0 Å². The Morgan fingerprint density at radius 3 is 2.71 bits per heavy atom. The molecule has 1 N–H and O–H groups in total. The summed E-state index contributed by atoms with van der Waals surface area (Å²) in [6.07, 6.45) is 1.49. The van der Waals surface area contributed by atoms with E-state index >= 15 is 0 Å². The summed E-state index contributed by atoms with van der Waals surface area (Å²) in [6, 6.07) is 3.46. The normalized spacial score (nSPS) is 19.7. The third-order valence-electron chi connectivity index (χ3n) is 3.98. The summed E-state index contributed by atoms with van der Waals surface area (Å²) in [7, 11) is 0. The van der Waals surface area contributed by atoms with Crippen molar-refractivity contribution >= 4 is 34.9 Å². The summed E-state index contributed by atoms with van der Waals surface area (Å²) in [5.41, 5.74) is -0.517. The zero-order chi connectivity index (χ0) is 17.9. The average Bonchev–Trinajstić information content (AvgIpc) is 2.91. The minimum Gasteiger partial charge on any atom is -0.444 e. The van der Waals surface area contributed by atoms with Crippen LogP contribution in [0.1, 0.15) is 50.2 Å². The van der Waals surface area contributed by atoms with E-state index in [9.17, 15) is 9.59 Å². The first-order chi connectivity index (χ1) is 11.2. The number of nitrogens with zero attached hydrogens (tertiary/aromatic N) is 1. The van der Waals surface area contributed by atoms with Crippen molar-refractivity contribution in [2.75, 3.05) is 13.1 Å². The van der Waals surface area contributed by atoms with E-state index in [1.807, 2.05) is 32.6 Å². The summed E-state index contributed by atoms with van der Waals surface area (Å²) in [5.74, 6) is 0.228. The molecule has 0 unspecified atom stereocenters. The Bertz CT molecular complexity index is 597. The summed E-state index contributed by atoms with van der Waals surface area (Å²) < 4.78 is 5.92. The lowest BCUT2D eigenvalue weighted by Gasteiger charge is -2.36. The summed E-state index contributed by atoms with van der Waals surface area (Å²) >= 11 is 7.22. The molecule has 7 heteroatoms. The van der Waals surface area contributed by atoms with Gasteiger partial charge in [-0.1, -0.05) is 11.6 Å². The molecule has 2 atom stereocenters. The molecule has 2 rings (SSSR count). The third kappa shape index (κ3) is 5.38. The molecule has 24 heavy (non-hydrogen) atoms. The van der Waals surface area contributed by atoms with Crippen molar-refractivity contribution in [1.82, 2.24) is 10.2 Å². The largest absolute Gasteiger partial charge is 0.444 e. The molecule has 1 aromatic heterocycles. The number of nitrogens with one attached hydrogen (secondary N) is 1. The number of hydrogen-bond donors (Lipinski definition) is 1. The van der Waals surface area contributed by atoms with Crippen molar-refractivity contribution in [3.05, 3.63) is 21.3 Å². The number of thiophene rings is 1. The predicted molar refractivity (Wildman–Crippen MR) is 96.8 cm³/mol. The number of likely N-dealkylation sites (tertiary alicyclic amines) is 1. The van der Waals surface area contributed by atoms with Gasteiger partial charge in [0.1, 0.15) is 5.60 Å². The first-order valence-corrected chi connectivity index (χ1v) is 9.39. The van der Waals surface area contributed by atoms with Gasteiger partial charge in [-0.05, 0) is 58.6 Å². The van der Waals surface area contributed by atoms with Crippen LogP contribution in [0.5, 0.6) is 0 Å². The van der Waals surface area contributed by atoms with Crippen molar-refractivity contribution in [3.8, 4) is 0 Å². The second-order valence-electron chi connectivity index (χ2n) is 7.19. The summed E-state index contributed by atoms with van der Waals surface area (Å²) in [4.78, 5) is 27.0. The van der Waals surface area contributed by atoms with Gasteiger partial charge in [0.25, 0.3) is 5.91 Å². The Hall–Kier alpha value is -1.27. The highest BCUT2D eigenvalue weighted by atomic mass is 35.5. The molecule has 0 aromatic carbocycles. The Morgan fingerprint density at radius 1 is 1.42 bits per heavy atom. The fourth-order valence-electron chi connectivity index (χ4n) is 2.80. The molecule has 0 radical (unpaired) electrons. The van der Waals surface area contributed by atoms with Crippen LogP contribution < -0.4 is 5.32 Å². The van der Waals surface area contributed by atoms with E-state index in [4.69, 9.17) is 16.3 Å². The van der Waals surface area contributed by atoms with Crippen LogP contribution in [-0.4, -0.2) is 41.6 Å². The summed E-state index contributed by atoms with van der Waals surface area (Å²) in [5, 5.41) is 2.89. The fraction of sp³-hybridized carbons (Fsp3) is 0.647. The molecule has 0 aliphatic carbocycles. The number of alkyl carbamates (subject to hydrolysis) is 1. The molecule has 1 aliphatic rings. The molecule has 1 fully saturated rings. The number of rotatable bonds is 3. The van der Waals surface area contributed by atoms with Crippen LogP contribution in [0.2, 0.25) is 4.34 Å². The molecular formula is C17H25ClN2O3S. The monoisotopic (exact) mass is 372 g/mol. The first kappa shape index (κ1) is 19.1. The highest BCUT2D eigenvalue weighted by Gasteiger charge is 2.30. The molecule has 0 spiro atoms. The van der Waals surface area contributed by atoms with Crippen LogP contribution in [0.3, 0.4) is 0 Å². The van der Waals surface area contributed by atoms with Crippen LogP contribution in [-0.2, 0) is 4.74 Å². The lowest BCUT2D eigenvalue weighted by atomic mass is 9.91. The van der Waals surface area contributed by atoms with Gasteiger partial charge in [-0.3, -0.25) is 4.79 Å². The molecule has 1 saturated heterocycles. The lowest BCUT2D eigenvalue weighted by Crippen LogP contribution is -2.48. The molecule has 2 amide bonds. The van der Waals surface area contributed by atoms with E-state index in [0.717, 1.165) is 19.4 Å². The van der Waals surface area contributed by atoms with E-state index in [2.05, 4.69) is 5.32 Å². The van der Waals surface area contributed by atoms with Gasteiger partial charge >= 0.3 is 6.09 Å². The van der Waals surface area contributed by atoms with Crippen LogP contribution in [0, 0.1) is 5.92 Å². The maximum atomic E-state index is 12.6. The van der Waals surface area contributed by atoms with Crippen LogP contribution in [0.25, 0.3) is 0 Å². The lowest BCUT2D eigenvalue weighted by molar-refractivity contribution is 0.0461. The molecular weight excluding hydrogens is 348 g/mol. The quantitative estimate of drug-likeness (QED) is 0.866. The summed E-state index contributed by atoms with van der Waals surface area (Å²) in [6.45, 7) is 8.85. The van der Waals surface area contributed by atoms with Crippen molar-refractivity contribution in [1.29, 1.82) is 0 Å². The van der Waals surface area contributed by atoms with Gasteiger partial charge in [0.2, 0.25) is 0 Å². The highest BCUT2D eigenvalue weighted by Crippen LogP contribution is 2.26. The second-order valence-corrected chi connectivity index (χ2v) is 8.91. The van der Waals surface area contributed by atoms with E-state index < -0.39 is 11.7 Å². The van der Waals surface area contributed by atoms with E-state index in [-0.39, 0.29) is 17.9 Å². The SMILES string of the molecule is C[C@@H](NC(=O)OC(C)(C)C)[C@@H]1CCCN(C(=O)c2ccc(Cl)s2)C1. The minimum atomic E-state index is -0.517. The molecule has 2 heterocycles. The third-order valence-corrected chi connectivity index (χ3v) is 5.20. The Labute approximate surface area is 152 Å². The second kappa shape index (κ2) is 7.74. The van der Waals surface area contributed by atoms with E-state index in [0.29, 0.717) is 15.8 Å². The number of halogens is 1. The maximum absolute atomic E-state index is 12.6. The first-order valence-electron chi connectivity index (χ1n) is 8.20. The zero-order valence-corrected chi connectivity index (χ0v) is 16.2. The van der Waals surface area contributed by atoms with Gasteiger partial charge in [0.15, 0.2) is 0 Å². The van der Waals surface area contributed by atoms with Crippen LogP contribution in [0.4, 0.5) is 4.79 Å². The molecule has 0 bridgehead atoms. The number of hydrogen-bond acceptors (Lipinski definition) is 4. The number of piperidine rings is 1. The van der Waals surface area contributed by atoms with E-state index in [1.54, 1.807) is 12.1 Å². The molecule has 5 nitrogen and oxygen atoms in total. The Morgan fingerprint density at radius 2 is 2.12 bits per heavy atom. The van der Waals surface area contributed by atoms with Crippen LogP contribution in [0.15, 0.2) is 12.1 Å². The number of amides is 2. The van der Waals surface area contributed by atoms with Gasteiger partial charge in [-0.2, -0.15) is 0 Å². The molecule has 0 saturated carbocycles. The fourth-order valence-corrected chi connectivity index (χ4v) is 3.81. The van der Waals surface area contributed by atoms with Gasteiger partial charge in [-0.25, -0.2) is 4.79 Å². The standard InChI is InChI=1S/C17H25ClN2O3S/c1-11(19-16(22)23-17(2,3)4)12-6-5-9-20(10-12)15(21)13-7-8-14(18)24-13/h7-8,11-12H,5-6,9-10H2,1-4H3,(H,19,22)/t11-,12-/m1/s1. The van der Waals surface area contributed by atoms with E-state index in [1.165, 1.54) is 11.3 Å². The molecule has 134 valence electrons. The minimum absolute atomic E-state index is 0.0149. The Balaban J connectivity index is 1.92. The highest BCUT2D eigenvalue weighted by molar-refractivity contribution is 7.17. The van der Waals surface area contributed by atoms with Crippen molar-refractivity contribution in [2.24, 2.45) is 5.92 Å². The van der Waals surface area contributed by atoms with Crippen molar-refractivity contribution < 1.29 is 14.3 Å². The van der Waals surface area contributed by atoms with Gasteiger partial charge in [0.05, 0.1) is 9.21 Å². The van der Waals surface area contributed by atoms with Gasteiger partial charge in [-0.15, -0.1) is 11.3 Å². The zero-order valence-electron chi connectivity index (χ0n) is 14.6.